The van der Waals surface area contributed by atoms with Gasteiger partial charge in [-0.3, -0.25) is 9.59 Å². The average Bonchev–Trinajstić information content (AvgIpc) is 2.92. The largest absolute Gasteiger partial charge is 0.317 e. The second kappa shape index (κ2) is 7.50. The molecular weight excluding hydrogens is 338 g/mol. The van der Waals surface area contributed by atoms with Crippen LogP contribution >= 0.6 is 0 Å². The molecule has 0 aliphatic carbocycles. The first-order chi connectivity index (χ1) is 12.9. The van der Waals surface area contributed by atoms with Crippen molar-refractivity contribution in [1.29, 1.82) is 0 Å². The lowest BCUT2D eigenvalue weighted by Gasteiger charge is -2.10. The predicted molar refractivity (Wildman–Crippen MR) is 106 cm³/mol. The quantitative estimate of drug-likeness (QED) is 0.419. The number of nitrogens with zero attached hydrogens (tertiary/aromatic N) is 3. The summed E-state index contributed by atoms with van der Waals surface area (Å²) in [5, 5.41) is 8.45. The van der Waals surface area contributed by atoms with Gasteiger partial charge in [-0.05, 0) is 64.1 Å². The molecule has 27 heavy (non-hydrogen) atoms. The Morgan fingerprint density at radius 2 is 1.15 bits per heavy atom. The monoisotopic (exact) mass is 359 g/mol. The van der Waals surface area contributed by atoms with Crippen molar-refractivity contribution in [3.8, 4) is 5.69 Å². The Bertz CT molecular complexity index is 992. The molecule has 3 rings (SSSR count). The van der Waals surface area contributed by atoms with Crippen molar-refractivity contribution in [2.45, 2.75) is 27.7 Å². The third-order valence-corrected chi connectivity index (χ3v) is 4.49. The van der Waals surface area contributed by atoms with Gasteiger partial charge >= 0.3 is 0 Å². The first-order valence-electron chi connectivity index (χ1n) is 8.71. The van der Waals surface area contributed by atoms with Crippen molar-refractivity contribution in [3.05, 3.63) is 77.1 Å². The Morgan fingerprint density at radius 1 is 0.704 bits per heavy atom. The highest BCUT2D eigenvalue weighted by molar-refractivity contribution is 6.09. The number of benzene rings is 2. The lowest BCUT2D eigenvalue weighted by molar-refractivity contribution is 0.0981. The number of ketones is 2. The molecule has 1 aromatic heterocycles. The van der Waals surface area contributed by atoms with E-state index in [1.54, 1.807) is 0 Å². The zero-order valence-corrected chi connectivity index (χ0v) is 15.9. The van der Waals surface area contributed by atoms with E-state index >= 15 is 0 Å². The Morgan fingerprint density at radius 3 is 1.59 bits per heavy atom. The van der Waals surface area contributed by atoms with Crippen LogP contribution in [0.4, 0.5) is 11.4 Å². The molecular formula is C22H21N3O2. The molecule has 0 saturated heterocycles. The van der Waals surface area contributed by atoms with Gasteiger partial charge < -0.3 is 4.57 Å². The fourth-order valence-electron chi connectivity index (χ4n) is 3.36. The summed E-state index contributed by atoms with van der Waals surface area (Å²) in [6, 6.07) is 17.1. The number of azo groups is 1. The highest BCUT2D eigenvalue weighted by Crippen LogP contribution is 2.28. The zero-order chi connectivity index (χ0) is 19.6. The van der Waals surface area contributed by atoms with Crippen molar-refractivity contribution in [2.75, 3.05) is 0 Å². The molecule has 0 amide bonds. The van der Waals surface area contributed by atoms with Gasteiger partial charge in [-0.1, -0.05) is 18.2 Å². The van der Waals surface area contributed by atoms with Crippen molar-refractivity contribution >= 4 is 22.9 Å². The normalized spacial score (nSPS) is 11.1. The molecule has 0 atom stereocenters. The molecule has 0 aliphatic rings. The second-order valence-corrected chi connectivity index (χ2v) is 6.42. The minimum absolute atomic E-state index is 0.104. The lowest BCUT2D eigenvalue weighted by Crippen LogP contribution is -2.02. The number of carbonyl (C=O) groups is 2. The molecule has 0 fully saturated rings. The molecule has 1 heterocycles. The van der Waals surface area contributed by atoms with E-state index in [1.807, 2.05) is 73.0 Å². The van der Waals surface area contributed by atoms with Crippen molar-refractivity contribution < 1.29 is 9.59 Å². The molecule has 3 aromatic rings. The molecule has 0 bridgehead atoms. The Balaban J connectivity index is 1.98. The number of hydrogen-bond acceptors (Lipinski definition) is 4. The number of hydrogen-bond donors (Lipinski definition) is 0. The van der Waals surface area contributed by atoms with E-state index in [9.17, 15) is 9.59 Å². The highest BCUT2D eigenvalue weighted by Gasteiger charge is 2.23. The SMILES string of the molecule is CC(=O)c1c(C(C)=O)c(C)n(-c2ccc(N=Nc3ccccc3)cc2)c1C. The first-order valence-corrected chi connectivity index (χ1v) is 8.71. The summed E-state index contributed by atoms with van der Waals surface area (Å²) < 4.78 is 1.94. The summed E-state index contributed by atoms with van der Waals surface area (Å²) in [5.41, 5.74) is 4.91. The molecule has 0 radical (unpaired) electrons. The summed E-state index contributed by atoms with van der Waals surface area (Å²) in [5.74, 6) is -0.208. The van der Waals surface area contributed by atoms with E-state index in [0.717, 1.165) is 28.5 Å². The first kappa shape index (κ1) is 18.5. The van der Waals surface area contributed by atoms with Crippen LogP contribution < -0.4 is 0 Å². The second-order valence-electron chi connectivity index (χ2n) is 6.42. The van der Waals surface area contributed by atoms with Crippen LogP contribution in [0.15, 0.2) is 64.8 Å². The Labute approximate surface area is 158 Å². The minimum atomic E-state index is -0.104. The van der Waals surface area contributed by atoms with Crippen LogP contribution in [0.25, 0.3) is 5.69 Å². The van der Waals surface area contributed by atoms with Gasteiger partial charge in [0, 0.05) is 28.2 Å². The topological polar surface area (TPSA) is 63.8 Å². The number of aromatic nitrogens is 1. The standard InChI is InChI=1S/C22H21N3O2/c1-14-21(16(3)26)22(17(4)27)15(2)25(14)20-12-10-19(11-13-20)24-23-18-8-6-5-7-9-18/h5-13H,1-4H3. The van der Waals surface area contributed by atoms with Gasteiger partial charge in [0.15, 0.2) is 11.6 Å². The van der Waals surface area contributed by atoms with E-state index in [-0.39, 0.29) is 11.6 Å². The lowest BCUT2D eigenvalue weighted by atomic mass is 10.0. The molecule has 136 valence electrons. The van der Waals surface area contributed by atoms with Gasteiger partial charge in [0.1, 0.15) is 0 Å². The van der Waals surface area contributed by atoms with Gasteiger partial charge in [0.05, 0.1) is 11.4 Å². The van der Waals surface area contributed by atoms with Crippen LogP contribution in [-0.2, 0) is 0 Å². The molecule has 2 aromatic carbocycles. The van der Waals surface area contributed by atoms with Gasteiger partial charge in [0.2, 0.25) is 0 Å². The molecule has 5 heteroatoms. The van der Waals surface area contributed by atoms with E-state index in [4.69, 9.17) is 0 Å². The minimum Gasteiger partial charge on any atom is -0.317 e. The summed E-state index contributed by atoms with van der Waals surface area (Å²) in [6.45, 7) is 6.70. The zero-order valence-electron chi connectivity index (χ0n) is 15.9. The van der Waals surface area contributed by atoms with Crippen LogP contribution in [0, 0.1) is 13.8 Å². The third kappa shape index (κ3) is 3.62. The van der Waals surface area contributed by atoms with Crippen LogP contribution in [0.5, 0.6) is 0 Å². The van der Waals surface area contributed by atoms with Crippen LogP contribution in [0.1, 0.15) is 46.0 Å². The van der Waals surface area contributed by atoms with Crippen molar-refractivity contribution in [2.24, 2.45) is 10.2 Å². The molecule has 0 saturated carbocycles. The van der Waals surface area contributed by atoms with E-state index in [2.05, 4.69) is 10.2 Å². The predicted octanol–water partition coefficient (Wildman–Crippen LogP) is 5.91. The number of Topliss-reactive ketones (excluding diaryl/α,β-unsaturated/α-hetero) is 2. The van der Waals surface area contributed by atoms with Gasteiger partial charge in [0.25, 0.3) is 0 Å². The molecule has 0 aliphatic heterocycles. The smallest absolute Gasteiger partial charge is 0.162 e. The molecule has 0 spiro atoms. The average molecular weight is 359 g/mol. The van der Waals surface area contributed by atoms with Crippen molar-refractivity contribution in [1.82, 2.24) is 4.57 Å². The Hall–Kier alpha value is -3.34. The molecule has 5 nitrogen and oxygen atoms in total. The van der Waals surface area contributed by atoms with E-state index in [1.165, 1.54) is 13.8 Å². The fraction of sp³-hybridized carbons (Fsp3) is 0.182. The maximum atomic E-state index is 12.1. The fourth-order valence-corrected chi connectivity index (χ4v) is 3.36. The molecule has 0 unspecified atom stereocenters. The third-order valence-electron chi connectivity index (χ3n) is 4.49. The number of carbonyl (C=O) groups excluding carboxylic acids is 2. The molecule has 0 N–H and O–H groups in total. The highest BCUT2D eigenvalue weighted by atomic mass is 16.1. The Kier molecular flexibility index (Phi) is 5.12. The summed E-state index contributed by atoms with van der Waals surface area (Å²) in [6.07, 6.45) is 0. The summed E-state index contributed by atoms with van der Waals surface area (Å²) in [4.78, 5) is 24.1. The van der Waals surface area contributed by atoms with Gasteiger partial charge in [-0.25, -0.2) is 0 Å². The summed E-state index contributed by atoms with van der Waals surface area (Å²) in [7, 11) is 0. The van der Waals surface area contributed by atoms with Gasteiger partial charge in [-0.2, -0.15) is 10.2 Å². The maximum Gasteiger partial charge on any atom is 0.162 e. The van der Waals surface area contributed by atoms with E-state index < -0.39 is 0 Å². The van der Waals surface area contributed by atoms with Crippen molar-refractivity contribution in [3.63, 3.8) is 0 Å². The summed E-state index contributed by atoms with van der Waals surface area (Å²) >= 11 is 0. The van der Waals surface area contributed by atoms with E-state index in [0.29, 0.717) is 11.1 Å². The van der Waals surface area contributed by atoms with Crippen LogP contribution in [0.2, 0.25) is 0 Å². The van der Waals surface area contributed by atoms with Gasteiger partial charge in [-0.15, -0.1) is 0 Å². The van der Waals surface area contributed by atoms with Crippen LogP contribution in [0.3, 0.4) is 0 Å². The van der Waals surface area contributed by atoms with Crippen LogP contribution in [-0.4, -0.2) is 16.1 Å². The maximum absolute atomic E-state index is 12.1. The number of rotatable bonds is 5.